The van der Waals surface area contributed by atoms with E-state index in [1.54, 1.807) is 12.4 Å². The monoisotopic (exact) mass is 228 g/mol. The minimum Gasteiger partial charge on any atom is -0.337 e. The Labute approximate surface area is 97.3 Å². The number of fused-ring (bicyclic) bond motifs is 1. The van der Waals surface area contributed by atoms with E-state index < -0.39 is 0 Å². The number of hydrogen-bond donors (Lipinski definition) is 1. The fourth-order valence-electron chi connectivity index (χ4n) is 1.73. The van der Waals surface area contributed by atoms with Gasteiger partial charge >= 0.3 is 0 Å². The molecule has 0 atom stereocenters. The van der Waals surface area contributed by atoms with E-state index in [2.05, 4.69) is 20.3 Å². The van der Waals surface area contributed by atoms with Crippen molar-refractivity contribution >= 4 is 11.5 Å². The van der Waals surface area contributed by atoms with E-state index in [1.165, 1.54) is 6.07 Å². The molecule has 2 aromatic heterocycles. The zero-order chi connectivity index (χ0) is 11.7. The molecule has 0 aromatic carbocycles. The zero-order valence-corrected chi connectivity index (χ0v) is 8.89. The smallest absolute Gasteiger partial charge is 0.152 e. The second kappa shape index (κ2) is 3.93. The molecule has 4 nitrogen and oxygen atoms in total. The molecule has 3 rings (SSSR count). The summed E-state index contributed by atoms with van der Waals surface area (Å²) in [4.78, 5) is 12.3. The largest absolute Gasteiger partial charge is 0.337 e. The van der Waals surface area contributed by atoms with Crippen molar-refractivity contribution in [3.63, 3.8) is 0 Å². The van der Waals surface area contributed by atoms with Crippen molar-refractivity contribution in [3.8, 4) is 0 Å². The number of amidine groups is 1. The molecule has 1 N–H and O–H groups in total. The summed E-state index contributed by atoms with van der Waals surface area (Å²) in [5, 5.41) is 3.02. The standard InChI is InChI=1S/C12H9FN4/c13-9-4-10(7-14-6-9)17-12-11-8(5-16-12)2-1-3-15-11/h1-4,6-7H,5H2,(H,16,17). The number of pyridine rings is 2. The van der Waals surface area contributed by atoms with Gasteiger partial charge in [0.15, 0.2) is 5.84 Å². The van der Waals surface area contributed by atoms with Gasteiger partial charge in [-0.05, 0) is 6.07 Å². The molecule has 0 amide bonds. The van der Waals surface area contributed by atoms with Crippen LogP contribution in [0.3, 0.4) is 0 Å². The Morgan fingerprint density at radius 1 is 1.29 bits per heavy atom. The lowest BCUT2D eigenvalue weighted by Crippen LogP contribution is -2.13. The number of anilines is 1. The summed E-state index contributed by atoms with van der Waals surface area (Å²) in [7, 11) is 0. The van der Waals surface area contributed by atoms with Crippen molar-refractivity contribution in [2.45, 2.75) is 6.54 Å². The Bertz CT molecular complexity index is 595. The van der Waals surface area contributed by atoms with E-state index in [0.29, 0.717) is 18.1 Å². The van der Waals surface area contributed by atoms with Crippen LogP contribution in [0.4, 0.5) is 10.1 Å². The van der Waals surface area contributed by atoms with Crippen LogP contribution in [0.1, 0.15) is 11.3 Å². The van der Waals surface area contributed by atoms with Crippen molar-refractivity contribution in [2.75, 3.05) is 5.32 Å². The van der Waals surface area contributed by atoms with Crippen LogP contribution < -0.4 is 5.32 Å². The maximum atomic E-state index is 13.0. The molecule has 0 saturated heterocycles. The molecule has 0 fully saturated rings. The molecule has 1 aliphatic heterocycles. The fraction of sp³-hybridized carbons (Fsp3) is 0.0833. The van der Waals surface area contributed by atoms with Gasteiger partial charge in [-0.25, -0.2) is 4.39 Å². The highest BCUT2D eigenvalue weighted by Gasteiger charge is 2.16. The van der Waals surface area contributed by atoms with E-state index in [9.17, 15) is 4.39 Å². The summed E-state index contributed by atoms with van der Waals surface area (Å²) in [5.74, 6) is 0.280. The first-order chi connectivity index (χ1) is 8.33. The maximum Gasteiger partial charge on any atom is 0.152 e. The summed E-state index contributed by atoms with van der Waals surface area (Å²) in [5.41, 5.74) is 2.46. The Morgan fingerprint density at radius 3 is 3.12 bits per heavy atom. The molecule has 2 aromatic rings. The number of nitrogens with zero attached hydrogens (tertiary/aromatic N) is 3. The first kappa shape index (κ1) is 9.89. The highest BCUT2D eigenvalue weighted by atomic mass is 19.1. The summed E-state index contributed by atoms with van der Waals surface area (Å²) < 4.78 is 13.0. The third-order valence-corrected chi connectivity index (χ3v) is 2.49. The Hall–Kier alpha value is -2.30. The third kappa shape index (κ3) is 1.87. The lowest BCUT2D eigenvalue weighted by atomic mass is 10.2. The maximum absolute atomic E-state index is 13.0. The van der Waals surface area contributed by atoms with E-state index in [4.69, 9.17) is 0 Å². The van der Waals surface area contributed by atoms with Gasteiger partial charge in [0.05, 0.1) is 24.6 Å². The first-order valence-corrected chi connectivity index (χ1v) is 5.19. The van der Waals surface area contributed by atoms with Gasteiger partial charge in [0.2, 0.25) is 0 Å². The number of aliphatic imine (C=N–C) groups is 1. The predicted octanol–water partition coefficient (Wildman–Crippen LogP) is 1.99. The summed E-state index contributed by atoms with van der Waals surface area (Å²) >= 11 is 0. The highest BCUT2D eigenvalue weighted by molar-refractivity contribution is 6.09. The highest BCUT2D eigenvalue weighted by Crippen LogP contribution is 2.17. The molecule has 0 bridgehead atoms. The van der Waals surface area contributed by atoms with Gasteiger partial charge in [0, 0.05) is 17.8 Å². The first-order valence-electron chi connectivity index (χ1n) is 5.19. The van der Waals surface area contributed by atoms with Crippen LogP contribution in [0.25, 0.3) is 0 Å². The van der Waals surface area contributed by atoms with E-state index in [0.717, 1.165) is 17.5 Å². The molecular weight excluding hydrogens is 219 g/mol. The van der Waals surface area contributed by atoms with Gasteiger partial charge in [-0.15, -0.1) is 0 Å². The molecule has 0 aliphatic carbocycles. The zero-order valence-electron chi connectivity index (χ0n) is 8.89. The van der Waals surface area contributed by atoms with Crippen LogP contribution in [0.2, 0.25) is 0 Å². The summed E-state index contributed by atoms with van der Waals surface area (Å²) in [6, 6.07) is 5.22. The van der Waals surface area contributed by atoms with Crippen LogP contribution >= 0.6 is 0 Å². The Balaban J connectivity index is 1.89. The van der Waals surface area contributed by atoms with Crippen LogP contribution in [-0.4, -0.2) is 15.8 Å². The van der Waals surface area contributed by atoms with Gasteiger partial charge in [-0.1, -0.05) is 6.07 Å². The molecule has 0 spiro atoms. The van der Waals surface area contributed by atoms with E-state index >= 15 is 0 Å². The number of nitrogens with one attached hydrogen (secondary N) is 1. The lowest BCUT2D eigenvalue weighted by molar-refractivity contribution is 0.622. The van der Waals surface area contributed by atoms with Crippen molar-refractivity contribution in [1.29, 1.82) is 0 Å². The summed E-state index contributed by atoms with van der Waals surface area (Å²) in [6.07, 6.45) is 4.42. The number of halogens is 1. The second-order valence-electron chi connectivity index (χ2n) is 3.69. The average Bonchev–Trinajstić information content (AvgIpc) is 2.73. The number of aromatic nitrogens is 2. The quantitative estimate of drug-likeness (QED) is 0.812. The molecule has 0 saturated carbocycles. The molecule has 3 heterocycles. The van der Waals surface area contributed by atoms with Gasteiger partial charge in [0.1, 0.15) is 11.5 Å². The predicted molar refractivity (Wildman–Crippen MR) is 62.3 cm³/mol. The Morgan fingerprint density at radius 2 is 2.24 bits per heavy atom. The van der Waals surface area contributed by atoms with Crippen LogP contribution in [0.15, 0.2) is 41.8 Å². The van der Waals surface area contributed by atoms with Gasteiger partial charge < -0.3 is 5.32 Å². The third-order valence-electron chi connectivity index (χ3n) is 2.49. The van der Waals surface area contributed by atoms with Crippen LogP contribution in [0.5, 0.6) is 0 Å². The van der Waals surface area contributed by atoms with Gasteiger partial charge in [-0.3, -0.25) is 15.0 Å². The molecule has 5 heteroatoms. The molecular formula is C12H9FN4. The van der Waals surface area contributed by atoms with Crippen LogP contribution in [0, 0.1) is 5.82 Å². The van der Waals surface area contributed by atoms with Gasteiger partial charge in [0.25, 0.3) is 0 Å². The van der Waals surface area contributed by atoms with Crippen molar-refractivity contribution in [3.05, 3.63) is 53.9 Å². The minimum atomic E-state index is -0.380. The molecule has 17 heavy (non-hydrogen) atoms. The topological polar surface area (TPSA) is 50.2 Å². The summed E-state index contributed by atoms with van der Waals surface area (Å²) in [6.45, 7) is 0.605. The fourth-order valence-corrected chi connectivity index (χ4v) is 1.73. The molecule has 0 unspecified atom stereocenters. The number of rotatable bonds is 1. The Kier molecular flexibility index (Phi) is 2.29. The van der Waals surface area contributed by atoms with E-state index in [1.807, 2.05) is 12.1 Å². The van der Waals surface area contributed by atoms with Crippen LogP contribution in [-0.2, 0) is 6.54 Å². The molecule has 84 valence electrons. The van der Waals surface area contributed by atoms with Crippen molar-refractivity contribution in [1.82, 2.24) is 9.97 Å². The van der Waals surface area contributed by atoms with Gasteiger partial charge in [-0.2, -0.15) is 0 Å². The molecule has 0 radical (unpaired) electrons. The van der Waals surface area contributed by atoms with Crippen molar-refractivity contribution < 1.29 is 4.39 Å². The average molecular weight is 228 g/mol. The number of hydrogen-bond acceptors (Lipinski definition) is 4. The normalized spacial score (nSPS) is 13.1. The SMILES string of the molecule is Fc1cncc(NC2=NCc3cccnc32)c1. The second-order valence-corrected chi connectivity index (χ2v) is 3.69. The minimum absolute atomic E-state index is 0.380. The lowest BCUT2D eigenvalue weighted by Gasteiger charge is -2.05. The molecule has 1 aliphatic rings. The van der Waals surface area contributed by atoms with E-state index in [-0.39, 0.29) is 5.82 Å². The van der Waals surface area contributed by atoms with Crippen molar-refractivity contribution in [2.24, 2.45) is 4.99 Å².